The molecule has 3 fully saturated rings. The third kappa shape index (κ3) is 3.62. The summed E-state index contributed by atoms with van der Waals surface area (Å²) in [4.78, 5) is 26.3. The summed E-state index contributed by atoms with van der Waals surface area (Å²) in [6, 6.07) is 0. The standard InChI is InChI=1S/C17H27NO4/c1-21-14-4-2-3-5-15(14)22-17(20)13-8-10-18(11-9-13)16(19)12-6-7-12/h12-15H,2-11H2,1H3/t14-,15-/m1/s1. The summed E-state index contributed by atoms with van der Waals surface area (Å²) in [5.74, 6) is 0.418. The van der Waals surface area contributed by atoms with Crippen molar-refractivity contribution in [3.8, 4) is 0 Å². The summed E-state index contributed by atoms with van der Waals surface area (Å²) >= 11 is 0. The number of methoxy groups -OCH3 is 1. The van der Waals surface area contributed by atoms with Crippen LogP contribution in [-0.2, 0) is 19.1 Å². The van der Waals surface area contributed by atoms with E-state index < -0.39 is 0 Å². The van der Waals surface area contributed by atoms with Crippen LogP contribution in [0.3, 0.4) is 0 Å². The molecule has 1 amide bonds. The van der Waals surface area contributed by atoms with Crippen LogP contribution in [0.25, 0.3) is 0 Å². The average molecular weight is 309 g/mol. The largest absolute Gasteiger partial charge is 0.459 e. The molecule has 5 heteroatoms. The zero-order valence-electron chi connectivity index (χ0n) is 13.5. The highest BCUT2D eigenvalue weighted by molar-refractivity contribution is 5.81. The molecule has 0 unspecified atom stereocenters. The number of ether oxygens (including phenoxy) is 2. The topological polar surface area (TPSA) is 55.8 Å². The first-order valence-electron chi connectivity index (χ1n) is 8.71. The Bertz CT molecular complexity index is 413. The molecule has 0 aromatic heterocycles. The lowest BCUT2D eigenvalue weighted by atomic mass is 9.93. The number of carbonyl (C=O) groups excluding carboxylic acids is 2. The van der Waals surface area contributed by atoms with E-state index in [-0.39, 0.29) is 30.0 Å². The molecule has 1 saturated heterocycles. The number of nitrogens with zero attached hydrogens (tertiary/aromatic N) is 1. The van der Waals surface area contributed by atoms with Gasteiger partial charge < -0.3 is 14.4 Å². The fourth-order valence-electron chi connectivity index (χ4n) is 3.64. The molecule has 1 aliphatic heterocycles. The van der Waals surface area contributed by atoms with Crippen molar-refractivity contribution >= 4 is 11.9 Å². The summed E-state index contributed by atoms with van der Waals surface area (Å²) in [5, 5.41) is 0. The molecule has 3 rings (SSSR count). The first kappa shape index (κ1) is 15.8. The molecule has 0 bridgehead atoms. The van der Waals surface area contributed by atoms with E-state index in [9.17, 15) is 9.59 Å². The van der Waals surface area contributed by atoms with Crippen molar-refractivity contribution in [2.24, 2.45) is 11.8 Å². The number of carbonyl (C=O) groups is 2. The Morgan fingerprint density at radius 2 is 1.50 bits per heavy atom. The smallest absolute Gasteiger partial charge is 0.309 e. The molecule has 0 aromatic rings. The minimum Gasteiger partial charge on any atom is -0.459 e. The van der Waals surface area contributed by atoms with Gasteiger partial charge in [0.25, 0.3) is 0 Å². The Labute approximate surface area is 132 Å². The molecule has 0 aromatic carbocycles. The number of amides is 1. The van der Waals surface area contributed by atoms with Gasteiger partial charge in [0.1, 0.15) is 6.10 Å². The first-order chi connectivity index (χ1) is 10.7. The zero-order valence-corrected chi connectivity index (χ0v) is 13.5. The van der Waals surface area contributed by atoms with Crippen LogP contribution >= 0.6 is 0 Å². The Hall–Kier alpha value is -1.10. The van der Waals surface area contributed by atoms with Crippen molar-refractivity contribution in [1.82, 2.24) is 4.90 Å². The highest BCUT2D eigenvalue weighted by Crippen LogP contribution is 2.33. The van der Waals surface area contributed by atoms with Gasteiger partial charge >= 0.3 is 5.97 Å². The molecule has 2 saturated carbocycles. The minimum absolute atomic E-state index is 0.0502. The lowest BCUT2D eigenvalue weighted by Gasteiger charge is -2.34. The van der Waals surface area contributed by atoms with Crippen LogP contribution in [-0.4, -0.2) is 49.2 Å². The predicted octanol–water partition coefficient (Wildman–Crippen LogP) is 2.14. The maximum atomic E-state index is 12.4. The molecule has 0 N–H and O–H groups in total. The number of hydrogen-bond donors (Lipinski definition) is 0. The highest BCUT2D eigenvalue weighted by Gasteiger charge is 2.37. The molecule has 2 atom stereocenters. The van der Waals surface area contributed by atoms with Crippen LogP contribution in [0.2, 0.25) is 0 Å². The molecule has 22 heavy (non-hydrogen) atoms. The fraction of sp³-hybridized carbons (Fsp3) is 0.882. The van der Waals surface area contributed by atoms with Crippen molar-refractivity contribution in [1.29, 1.82) is 0 Å². The van der Waals surface area contributed by atoms with E-state index in [0.717, 1.165) is 51.4 Å². The van der Waals surface area contributed by atoms with Crippen molar-refractivity contribution in [2.45, 2.75) is 63.6 Å². The summed E-state index contributed by atoms with van der Waals surface area (Å²) < 4.78 is 11.2. The summed E-state index contributed by atoms with van der Waals surface area (Å²) in [5.41, 5.74) is 0. The first-order valence-corrected chi connectivity index (χ1v) is 8.71. The number of esters is 1. The summed E-state index contributed by atoms with van der Waals surface area (Å²) in [6.45, 7) is 1.40. The van der Waals surface area contributed by atoms with Crippen molar-refractivity contribution in [3.05, 3.63) is 0 Å². The maximum absolute atomic E-state index is 12.4. The van der Waals surface area contributed by atoms with Gasteiger partial charge in [-0.2, -0.15) is 0 Å². The number of hydrogen-bond acceptors (Lipinski definition) is 4. The van der Waals surface area contributed by atoms with Gasteiger partial charge in [-0.05, 0) is 44.9 Å². The van der Waals surface area contributed by atoms with Gasteiger partial charge in [-0.15, -0.1) is 0 Å². The lowest BCUT2D eigenvalue weighted by Crippen LogP contribution is -2.43. The number of rotatable bonds is 4. The van der Waals surface area contributed by atoms with Crippen LogP contribution in [0.1, 0.15) is 51.4 Å². The molecule has 1 heterocycles. The second kappa shape index (κ2) is 6.99. The van der Waals surface area contributed by atoms with E-state index in [4.69, 9.17) is 9.47 Å². The van der Waals surface area contributed by atoms with Crippen molar-refractivity contribution < 1.29 is 19.1 Å². The number of piperidine rings is 1. The van der Waals surface area contributed by atoms with Crippen molar-refractivity contribution in [2.75, 3.05) is 20.2 Å². The monoisotopic (exact) mass is 309 g/mol. The summed E-state index contributed by atoms with van der Waals surface area (Å²) in [7, 11) is 1.69. The highest BCUT2D eigenvalue weighted by atomic mass is 16.6. The molecule has 124 valence electrons. The van der Waals surface area contributed by atoms with Gasteiger partial charge in [-0.25, -0.2) is 0 Å². The SMILES string of the molecule is CO[C@@H]1CCCC[C@H]1OC(=O)C1CCN(C(=O)C2CC2)CC1. The predicted molar refractivity (Wildman–Crippen MR) is 81.2 cm³/mol. The molecule has 3 aliphatic rings. The second-order valence-corrected chi connectivity index (χ2v) is 6.91. The lowest BCUT2D eigenvalue weighted by molar-refractivity contribution is -0.166. The Balaban J connectivity index is 1.46. The van der Waals surface area contributed by atoms with Crippen LogP contribution in [0.4, 0.5) is 0 Å². The van der Waals surface area contributed by atoms with Gasteiger partial charge in [0.15, 0.2) is 0 Å². The van der Waals surface area contributed by atoms with Crippen LogP contribution in [0.15, 0.2) is 0 Å². The van der Waals surface area contributed by atoms with Gasteiger partial charge in [0.05, 0.1) is 12.0 Å². The van der Waals surface area contributed by atoms with Gasteiger partial charge in [-0.1, -0.05) is 6.42 Å². The molecule has 0 radical (unpaired) electrons. The van der Waals surface area contributed by atoms with E-state index in [1.165, 1.54) is 0 Å². The van der Waals surface area contributed by atoms with E-state index >= 15 is 0 Å². The van der Waals surface area contributed by atoms with Gasteiger partial charge in [0.2, 0.25) is 5.91 Å². The van der Waals surface area contributed by atoms with E-state index in [1.54, 1.807) is 7.11 Å². The molecule has 2 aliphatic carbocycles. The zero-order chi connectivity index (χ0) is 15.5. The third-order valence-electron chi connectivity index (χ3n) is 5.28. The Morgan fingerprint density at radius 1 is 0.864 bits per heavy atom. The number of likely N-dealkylation sites (tertiary alicyclic amines) is 1. The van der Waals surface area contributed by atoms with Gasteiger partial charge in [-0.3, -0.25) is 9.59 Å². The molecular formula is C17H27NO4. The summed E-state index contributed by atoms with van der Waals surface area (Å²) in [6.07, 6.45) is 7.66. The van der Waals surface area contributed by atoms with E-state index in [2.05, 4.69) is 0 Å². The molecule has 0 spiro atoms. The Kier molecular flexibility index (Phi) is 5.01. The maximum Gasteiger partial charge on any atom is 0.309 e. The molecule has 5 nitrogen and oxygen atoms in total. The van der Waals surface area contributed by atoms with E-state index in [0.29, 0.717) is 19.0 Å². The van der Waals surface area contributed by atoms with Gasteiger partial charge in [0, 0.05) is 26.1 Å². The van der Waals surface area contributed by atoms with E-state index in [1.807, 2.05) is 4.90 Å². The Morgan fingerprint density at radius 3 is 2.09 bits per heavy atom. The molecular weight excluding hydrogens is 282 g/mol. The van der Waals surface area contributed by atoms with Crippen LogP contribution < -0.4 is 0 Å². The van der Waals surface area contributed by atoms with Crippen LogP contribution in [0.5, 0.6) is 0 Å². The minimum atomic E-state index is -0.0903. The quantitative estimate of drug-likeness (QED) is 0.747. The normalized spacial score (nSPS) is 30.1. The van der Waals surface area contributed by atoms with Crippen LogP contribution in [0, 0.1) is 11.8 Å². The average Bonchev–Trinajstić information content (AvgIpc) is 3.40. The van der Waals surface area contributed by atoms with Crippen molar-refractivity contribution in [3.63, 3.8) is 0 Å². The second-order valence-electron chi connectivity index (χ2n) is 6.91. The fourth-order valence-corrected chi connectivity index (χ4v) is 3.64. The third-order valence-corrected chi connectivity index (χ3v) is 5.28.